The molecule has 0 heterocycles. The zero-order valence-corrected chi connectivity index (χ0v) is 10.7. The summed E-state index contributed by atoms with van der Waals surface area (Å²) >= 11 is 3.40. The lowest BCUT2D eigenvalue weighted by molar-refractivity contribution is -0.121. The first-order valence-electron chi connectivity index (χ1n) is 5.05. The molecule has 0 radical (unpaired) electrons. The van der Waals surface area contributed by atoms with Gasteiger partial charge in [-0.2, -0.15) is 0 Å². The predicted molar refractivity (Wildman–Crippen MR) is 65.9 cm³/mol. The monoisotopic (exact) mass is 269 g/mol. The van der Waals surface area contributed by atoms with Crippen LogP contribution in [0.15, 0.2) is 28.7 Å². The zero-order valence-electron chi connectivity index (χ0n) is 9.09. The average molecular weight is 270 g/mol. The highest BCUT2D eigenvalue weighted by molar-refractivity contribution is 9.10. The normalized spacial score (nSPS) is 12.5. The lowest BCUT2D eigenvalue weighted by Crippen LogP contribution is -2.24. The van der Waals surface area contributed by atoms with Crippen LogP contribution in [0.2, 0.25) is 0 Å². The average Bonchev–Trinajstić information content (AvgIpc) is 2.18. The molecular formula is C12H16BrNO. The summed E-state index contributed by atoms with van der Waals surface area (Å²) in [6.07, 6.45) is 0.516. The number of carbonyl (C=O) groups is 1. The molecule has 82 valence electrons. The van der Waals surface area contributed by atoms with E-state index in [1.54, 1.807) is 0 Å². The fourth-order valence-corrected chi connectivity index (χ4v) is 1.89. The van der Waals surface area contributed by atoms with Crippen LogP contribution in [-0.2, 0) is 11.2 Å². The number of halogens is 1. The second-order valence-corrected chi connectivity index (χ2v) is 4.65. The molecule has 1 aromatic rings. The van der Waals surface area contributed by atoms with Crippen LogP contribution in [0.5, 0.6) is 0 Å². The minimum absolute atomic E-state index is 0.0778. The van der Waals surface area contributed by atoms with E-state index in [1.165, 1.54) is 0 Å². The second-order valence-electron chi connectivity index (χ2n) is 3.73. The van der Waals surface area contributed by atoms with Gasteiger partial charge in [-0.15, -0.1) is 0 Å². The third-order valence-corrected chi connectivity index (χ3v) is 2.82. The van der Waals surface area contributed by atoms with Crippen molar-refractivity contribution in [2.24, 2.45) is 5.92 Å². The summed E-state index contributed by atoms with van der Waals surface area (Å²) in [5.74, 6) is 0.358. The van der Waals surface area contributed by atoms with E-state index in [4.69, 9.17) is 0 Å². The van der Waals surface area contributed by atoms with Crippen molar-refractivity contribution in [3.8, 4) is 0 Å². The van der Waals surface area contributed by atoms with Crippen LogP contribution in [0.1, 0.15) is 12.5 Å². The maximum atomic E-state index is 11.8. The van der Waals surface area contributed by atoms with Crippen molar-refractivity contribution in [2.75, 3.05) is 13.6 Å². The van der Waals surface area contributed by atoms with Crippen LogP contribution in [0.4, 0.5) is 0 Å². The number of rotatable bonds is 5. The van der Waals surface area contributed by atoms with Crippen molar-refractivity contribution >= 4 is 21.7 Å². The lowest BCUT2D eigenvalue weighted by atomic mass is 9.99. The maximum Gasteiger partial charge on any atom is 0.141 e. The van der Waals surface area contributed by atoms with Gasteiger partial charge in [0.05, 0.1) is 0 Å². The van der Waals surface area contributed by atoms with Gasteiger partial charge in [0.2, 0.25) is 0 Å². The van der Waals surface area contributed by atoms with Gasteiger partial charge >= 0.3 is 0 Å². The fourth-order valence-electron chi connectivity index (χ4n) is 1.44. The van der Waals surface area contributed by atoms with Gasteiger partial charge in [-0.25, -0.2) is 0 Å². The van der Waals surface area contributed by atoms with Crippen molar-refractivity contribution in [1.82, 2.24) is 5.32 Å². The van der Waals surface area contributed by atoms with Crippen LogP contribution < -0.4 is 5.32 Å². The summed E-state index contributed by atoms with van der Waals surface area (Å²) in [7, 11) is 1.86. The van der Waals surface area contributed by atoms with Crippen LogP contribution in [0, 0.1) is 5.92 Å². The van der Waals surface area contributed by atoms with Crippen LogP contribution in [-0.4, -0.2) is 19.4 Å². The Balaban J connectivity index is 2.58. The summed E-state index contributed by atoms with van der Waals surface area (Å²) < 4.78 is 1.02. The van der Waals surface area contributed by atoms with Gasteiger partial charge in [0.1, 0.15) is 5.78 Å². The molecule has 1 rings (SSSR count). The number of nitrogens with one attached hydrogen (secondary N) is 1. The smallest absolute Gasteiger partial charge is 0.141 e. The van der Waals surface area contributed by atoms with Gasteiger partial charge in [0, 0.05) is 23.4 Å². The molecule has 15 heavy (non-hydrogen) atoms. The molecule has 0 saturated heterocycles. The molecule has 1 atom stereocenters. The third-order valence-electron chi connectivity index (χ3n) is 2.33. The Morgan fingerprint density at radius 1 is 1.53 bits per heavy atom. The van der Waals surface area contributed by atoms with E-state index in [9.17, 15) is 4.79 Å². The first-order valence-corrected chi connectivity index (χ1v) is 5.84. The third kappa shape index (κ3) is 4.14. The number of hydrogen-bond acceptors (Lipinski definition) is 2. The molecule has 0 bridgehead atoms. The maximum absolute atomic E-state index is 11.8. The molecule has 0 aliphatic carbocycles. The number of ketones is 1. The van der Waals surface area contributed by atoms with Gasteiger partial charge < -0.3 is 5.32 Å². The number of Topliss-reactive ketones (excluding diaryl/α,β-unsaturated/α-hetero) is 1. The predicted octanol–water partition coefficient (Wildman–Crippen LogP) is 2.42. The van der Waals surface area contributed by atoms with Crippen molar-refractivity contribution < 1.29 is 4.79 Å². The van der Waals surface area contributed by atoms with E-state index in [-0.39, 0.29) is 11.7 Å². The Morgan fingerprint density at radius 2 is 2.27 bits per heavy atom. The molecule has 0 aliphatic heterocycles. The van der Waals surface area contributed by atoms with Crippen LogP contribution in [0.25, 0.3) is 0 Å². The van der Waals surface area contributed by atoms with E-state index in [1.807, 2.05) is 38.2 Å². The SMILES string of the molecule is CNCC(C)C(=O)Cc1cccc(Br)c1. The Bertz CT molecular complexity index is 338. The van der Waals surface area contributed by atoms with E-state index >= 15 is 0 Å². The summed E-state index contributed by atoms with van der Waals surface area (Å²) in [5.41, 5.74) is 1.07. The van der Waals surface area contributed by atoms with Crippen molar-refractivity contribution in [3.63, 3.8) is 0 Å². The molecular weight excluding hydrogens is 254 g/mol. The number of benzene rings is 1. The molecule has 0 amide bonds. The summed E-state index contributed by atoms with van der Waals surface area (Å²) in [5, 5.41) is 3.02. The van der Waals surface area contributed by atoms with Crippen molar-refractivity contribution in [2.45, 2.75) is 13.3 Å². The largest absolute Gasteiger partial charge is 0.319 e. The first-order chi connectivity index (χ1) is 7.13. The molecule has 0 aliphatic rings. The minimum atomic E-state index is 0.0778. The van der Waals surface area contributed by atoms with Gasteiger partial charge in [0.25, 0.3) is 0 Å². The van der Waals surface area contributed by atoms with E-state index < -0.39 is 0 Å². The minimum Gasteiger partial charge on any atom is -0.319 e. The highest BCUT2D eigenvalue weighted by Gasteiger charge is 2.12. The molecule has 1 unspecified atom stereocenters. The Hall–Kier alpha value is -0.670. The highest BCUT2D eigenvalue weighted by Crippen LogP contribution is 2.13. The second kappa shape index (κ2) is 6.03. The summed E-state index contributed by atoms with van der Waals surface area (Å²) in [6.45, 7) is 2.70. The van der Waals surface area contributed by atoms with E-state index in [0.717, 1.165) is 16.6 Å². The van der Waals surface area contributed by atoms with Crippen molar-refractivity contribution in [1.29, 1.82) is 0 Å². The quantitative estimate of drug-likeness (QED) is 0.890. The highest BCUT2D eigenvalue weighted by atomic mass is 79.9. The number of carbonyl (C=O) groups excluding carboxylic acids is 1. The van der Waals surface area contributed by atoms with E-state index in [0.29, 0.717) is 6.42 Å². The standard InChI is InChI=1S/C12H16BrNO/c1-9(8-14-2)12(15)7-10-4-3-5-11(13)6-10/h3-6,9,14H,7-8H2,1-2H3. The Morgan fingerprint density at radius 3 is 2.87 bits per heavy atom. The van der Waals surface area contributed by atoms with E-state index in [2.05, 4.69) is 21.2 Å². The fraction of sp³-hybridized carbons (Fsp3) is 0.417. The van der Waals surface area contributed by atoms with Crippen molar-refractivity contribution in [3.05, 3.63) is 34.3 Å². The molecule has 1 aromatic carbocycles. The van der Waals surface area contributed by atoms with Gasteiger partial charge in [-0.05, 0) is 24.7 Å². The lowest BCUT2D eigenvalue weighted by Gasteiger charge is -2.09. The van der Waals surface area contributed by atoms with Gasteiger partial charge in [-0.3, -0.25) is 4.79 Å². The molecule has 3 heteroatoms. The molecule has 0 fully saturated rings. The van der Waals surface area contributed by atoms with Crippen LogP contribution >= 0.6 is 15.9 Å². The Kier molecular flexibility index (Phi) is 4.99. The molecule has 2 nitrogen and oxygen atoms in total. The van der Waals surface area contributed by atoms with Crippen LogP contribution in [0.3, 0.4) is 0 Å². The van der Waals surface area contributed by atoms with Gasteiger partial charge in [0.15, 0.2) is 0 Å². The molecule has 1 N–H and O–H groups in total. The summed E-state index contributed by atoms with van der Waals surface area (Å²) in [6, 6.07) is 7.89. The summed E-state index contributed by atoms with van der Waals surface area (Å²) in [4.78, 5) is 11.8. The number of hydrogen-bond donors (Lipinski definition) is 1. The first kappa shape index (κ1) is 12.4. The molecule has 0 aromatic heterocycles. The molecule has 0 saturated carbocycles. The molecule has 0 spiro atoms. The Labute approximate surface area is 99.2 Å². The zero-order chi connectivity index (χ0) is 11.3. The topological polar surface area (TPSA) is 29.1 Å². The van der Waals surface area contributed by atoms with Gasteiger partial charge in [-0.1, -0.05) is 35.0 Å².